The molecule has 0 radical (unpaired) electrons. The van der Waals surface area contributed by atoms with Gasteiger partial charge in [0, 0.05) is 18.1 Å². The molecule has 6 heteroatoms. The number of hydrogen-bond donors (Lipinski definition) is 3. The van der Waals surface area contributed by atoms with E-state index in [1.165, 1.54) is 31.6 Å². The highest BCUT2D eigenvalue weighted by Crippen LogP contribution is 2.40. The first kappa shape index (κ1) is 14.8. The van der Waals surface area contributed by atoms with Crippen molar-refractivity contribution < 1.29 is 24.5 Å². The molecule has 0 saturated carbocycles. The number of methoxy groups -OCH3 is 1. The number of fused-ring (bicyclic) bond motifs is 1. The summed E-state index contributed by atoms with van der Waals surface area (Å²) in [6.45, 7) is 0. The number of phenols is 3. The van der Waals surface area contributed by atoms with Crippen LogP contribution in [0.15, 0.2) is 45.8 Å². The Morgan fingerprint density at radius 3 is 2.48 bits per heavy atom. The maximum Gasteiger partial charge on any atom is 0.203 e. The fourth-order valence-corrected chi connectivity index (χ4v) is 2.43. The number of rotatable bonds is 3. The third-order valence-corrected chi connectivity index (χ3v) is 3.58. The average Bonchev–Trinajstić information content (AvgIpc) is 2.52. The van der Waals surface area contributed by atoms with Gasteiger partial charge >= 0.3 is 0 Å². The van der Waals surface area contributed by atoms with Gasteiger partial charge in [-0.1, -0.05) is 12.1 Å². The smallest absolute Gasteiger partial charge is 0.203 e. The summed E-state index contributed by atoms with van der Waals surface area (Å²) >= 11 is 0. The average molecular weight is 314 g/mol. The minimum absolute atomic E-state index is 0.0454. The van der Waals surface area contributed by atoms with Gasteiger partial charge in [-0.3, -0.25) is 4.79 Å². The first-order valence-corrected chi connectivity index (χ1v) is 6.82. The van der Waals surface area contributed by atoms with E-state index in [-0.39, 0.29) is 34.6 Å². The van der Waals surface area contributed by atoms with E-state index in [9.17, 15) is 20.1 Å². The van der Waals surface area contributed by atoms with Crippen molar-refractivity contribution in [3.05, 3.63) is 57.9 Å². The van der Waals surface area contributed by atoms with E-state index in [4.69, 9.17) is 9.15 Å². The van der Waals surface area contributed by atoms with E-state index in [0.29, 0.717) is 5.56 Å². The van der Waals surface area contributed by atoms with Crippen LogP contribution in [0, 0.1) is 0 Å². The van der Waals surface area contributed by atoms with Crippen LogP contribution in [-0.2, 0) is 6.42 Å². The Balaban J connectivity index is 2.15. The molecule has 0 spiro atoms. The maximum absolute atomic E-state index is 12.6. The van der Waals surface area contributed by atoms with Crippen molar-refractivity contribution in [1.82, 2.24) is 0 Å². The molecule has 0 amide bonds. The lowest BCUT2D eigenvalue weighted by molar-refractivity contribution is 0.346. The molecule has 1 aromatic heterocycles. The number of benzene rings is 2. The first-order chi connectivity index (χ1) is 11.0. The highest BCUT2D eigenvalue weighted by Gasteiger charge is 2.19. The Bertz CT molecular complexity index is 924. The van der Waals surface area contributed by atoms with Crippen molar-refractivity contribution in [2.75, 3.05) is 7.11 Å². The van der Waals surface area contributed by atoms with E-state index in [1.807, 2.05) is 0 Å². The van der Waals surface area contributed by atoms with Crippen LogP contribution in [0.5, 0.6) is 23.0 Å². The second kappa shape index (κ2) is 5.57. The second-order valence-corrected chi connectivity index (χ2v) is 5.08. The van der Waals surface area contributed by atoms with Crippen molar-refractivity contribution in [3.8, 4) is 23.0 Å². The normalized spacial score (nSPS) is 10.8. The van der Waals surface area contributed by atoms with Gasteiger partial charge in [-0.2, -0.15) is 0 Å². The molecule has 0 aliphatic heterocycles. The van der Waals surface area contributed by atoms with Gasteiger partial charge in [0.1, 0.15) is 16.7 Å². The summed E-state index contributed by atoms with van der Waals surface area (Å²) in [4.78, 5) is 12.6. The van der Waals surface area contributed by atoms with E-state index >= 15 is 0 Å². The molecular weight excluding hydrogens is 300 g/mol. The summed E-state index contributed by atoms with van der Waals surface area (Å²) < 4.78 is 10.3. The summed E-state index contributed by atoms with van der Waals surface area (Å²) in [7, 11) is 1.28. The van der Waals surface area contributed by atoms with Gasteiger partial charge in [0.2, 0.25) is 5.75 Å². The van der Waals surface area contributed by atoms with Crippen LogP contribution in [0.2, 0.25) is 0 Å². The second-order valence-electron chi connectivity index (χ2n) is 5.08. The molecule has 1 heterocycles. The first-order valence-electron chi connectivity index (χ1n) is 6.82. The fourth-order valence-electron chi connectivity index (χ4n) is 2.43. The molecule has 2 aromatic carbocycles. The molecule has 0 aliphatic carbocycles. The summed E-state index contributed by atoms with van der Waals surface area (Å²) in [6.07, 6.45) is 1.57. The molecule has 3 N–H and O–H groups in total. The minimum atomic E-state index is -0.455. The highest BCUT2D eigenvalue weighted by molar-refractivity contribution is 5.88. The van der Waals surface area contributed by atoms with E-state index < -0.39 is 11.2 Å². The predicted octanol–water partition coefficient (Wildman–Crippen LogP) is 2.51. The molecule has 0 fully saturated rings. The Morgan fingerprint density at radius 2 is 1.83 bits per heavy atom. The highest BCUT2D eigenvalue weighted by atomic mass is 16.5. The third-order valence-electron chi connectivity index (χ3n) is 3.58. The molecule has 0 aliphatic rings. The molecule has 6 nitrogen and oxygen atoms in total. The summed E-state index contributed by atoms with van der Waals surface area (Å²) in [5.41, 5.74) is 0.807. The zero-order valence-corrected chi connectivity index (χ0v) is 12.2. The van der Waals surface area contributed by atoms with Gasteiger partial charge in [-0.15, -0.1) is 0 Å². The largest absolute Gasteiger partial charge is 0.508 e. The van der Waals surface area contributed by atoms with Crippen molar-refractivity contribution in [1.29, 1.82) is 0 Å². The molecule has 3 rings (SSSR count). The Kier molecular flexibility index (Phi) is 3.57. The molecule has 0 atom stereocenters. The minimum Gasteiger partial charge on any atom is -0.508 e. The molecular formula is C17H14O6. The van der Waals surface area contributed by atoms with E-state index in [2.05, 4.69) is 0 Å². The summed E-state index contributed by atoms with van der Waals surface area (Å²) in [6, 6.07) is 7.65. The van der Waals surface area contributed by atoms with Crippen LogP contribution in [-0.4, -0.2) is 22.4 Å². The van der Waals surface area contributed by atoms with Crippen molar-refractivity contribution in [3.63, 3.8) is 0 Å². The molecule has 0 unspecified atom stereocenters. The standard InChI is InChI=1S/C17H14O6/c1-22-17-12(19)7-13-14(16(17)21)15(20)10(8-23-13)6-9-2-4-11(18)5-3-9/h2-5,7-8,18-19,21H,6H2,1H3. The van der Waals surface area contributed by atoms with E-state index in [1.54, 1.807) is 12.1 Å². The summed E-state index contributed by atoms with van der Waals surface area (Å²) in [5, 5.41) is 29.1. The monoisotopic (exact) mass is 314 g/mol. The molecule has 3 aromatic rings. The summed E-state index contributed by atoms with van der Waals surface area (Å²) in [5.74, 6) is -0.806. The van der Waals surface area contributed by atoms with Crippen LogP contribution in [0.3, 0.4) is 0 Å². The fraction of sp³-hybridized carbons (Fsp3) is 0.118. The van der Waals surface area contributed by atoms with Crippen LogP contribution >= 0.6 is 0 Å². The maximum atomic E-state index is 12.6. The molecule has 0 saturated heterocycles. The van der Waals surface area contributed by atoms with Gasteiger partial charge in [0.05, 0.1) is 13.4 Å². The third kappa shape index (κ3) is 2.55. The lowest BCUT2D eigenvalue weighted by atomic mass is 10.0. The van der Waals surface area contributed by atoms with E-state index in [0.717, 1.165) is 5.56 Å². The van der Waals surface area contributed by atoms with Crippen molar-refractivity contribution >= 4 is 11.0 Å². The number of ether oxygens (including phenoxy) is 1. The Hall–Kier alpha value is -3.15. The van der Waals surface area contributed by atoms with Gasteiger partial charge in [0.25, 0.3) is 0 Å². The van der Waals surface area contributed by atoms with Gasteiger partial charge < -0.3 is 24.5 Å². The predicted molar refractivity (Wildman–Crippen MR) is 83.3 cm³/mol. The number of phenolic OH excluding ortho intramolecular Hbond substituents is 3. The van der Waals surface area contributed by atoms with Crippen LogP contribution in [0.25, 0.3) is 11.0 Å². The zero-order valence-electron chi connectivity index (χ0n) is 12.2. The van der Waals surface area contributed by atoms with Crippen LogP contribution in [0.4, 0.5) is 0 Å². The SMILES string of the molecule is COc1c(O)cc2occ(Cc3ccc(O)cc3)c(=O)c2c1O. The Labute approximate surface area is 130 Å². The quantitative estimate of drug-likeness (QED) is 0.687. The van der Waals surface area contributed by atoms with Crippen molar-refractivity contribution in [2.24, 2.45) is 0 Å². The van der Waals surface area contributed by atoms with Crippen LogP contribution < -0.4 is 10.2 Å². The Morgan fingerprint density at radius 1 is 1.13 bits per heavy atom. The number of aromatic hydroxyl groups is 3. The number of hydrogen-bond acceptors (Lipinski definition) is 6. The molecule has 118 valence electrons. The van der Waals surface area contributed by atoms with Gasteiger partial charge in [-0.25, -0.2) is 0 Å². The molecule has 23 heavy (non-hydrogen) atoms. The molecule has 0 bridgehead atoms. The lowest BCUT2D eigenvalue weighted by Crippen LogP contribution is -2.09. The van der Waals surface area contributed by atoms with Crippen LogP contribution in [0.1, 0.15) is 11.1 Å². The van der Waals surface area contributed by atoms with Gasteiger partial charge in [-0.05, 0) is 17.7 Å². The topological polar surface area (TPSA) is 100 Å². The lowest BCUT2D eigenvalue weighted by Gasteiger charge is -2.09. The zero-order chi connectivity index (χ0) is 16.6. The van der Waals surface area contributed by atoms with Gasteiger partial charge in [0.15, 0.2) is 16.9 Å². The van der Waals surface area contributed by atoms with Crippen molar-refractivity contribution in [2.45, 2.75) is 6.42 Å².